The van der Waals surface area contributed by atoms with Crippen molar-refractivity contribution >= 4 is 0 Å². The Hall–Kier alpha value is -4.31. The third kappa shape index (κ3) is 5.96. The van der Waals surface area contributed by atoms with Crippen molar-refractivity contribution in [3.05, 3.63) is 116 Å². The van der Waals surface area contributed by atoms with Crippen molar-refractivity contribution in [2.75, 3.05) is 0 Å². The number of pyridine rings is 1. The summed E-state index contributed by atoms with van der Waals surface area (Å²) in [6.45, 7) is 12.0. The van der Waals surface area contributed by atoms with Gasteiger partial charge in [0, 0.05) is 0 Å². The van der Waals surface area contributed by atoms with E-state index in [9.17, 15) is 23.2 Å². The molecule has 0 radical (unpaired) electrons. The monoisotopic (exact) mass is 544 g/mol. The Morgan fingerprint density at radius 1 is 0.875 bits per heavy atom. The molecule has 3 aromatic carbocycles. The Bertz CT molecular complexity index is 1670. The fourth-order valence-electron chi connectivity index (χ4n) is 4.64. The first-order valence-electron chi connectivity index (χ1n) is 12.9. The number of aromatic nitrogens is 1. The van der Waals surface area contributed by atoms with Gasteiger partial charge in [0.15, 0.2) is 0 Å². The van der Waals surface area contributed by atoms with Crippen molar-refractivity contribution in [3.63, 3.8) is 0 Å². The number of ether oxygens (including phenoxy) is 1. The van der Waals surface area contributed by atoms with Gasteiger partial charge < -0.3 is 9.30 Å². The van der Waals surface area contributed by atoms with Gasteiger partial charge in [-0.25, -0.2) is 0 Å². The Morgan fingerprint density at radius 2 is 1.55 bits per heavy atom. The molecule has 0 aliphatic heterocycles. The Kier molecular flexibility index (Phi) is 7.67. The van der Waals surface area contributed by atoms with Crippen molar-refractivity contribution in [2.45, 2.75) is 59.7 Å². The Balaban J connectivity index is 1.81. The van der Waals surface area contributed by atoms with Crippen molar-refractivity contribution in [1.82, 2.24) is 4.57 Å². The largest absolute Gasteiger partial charge is 0.457 e. The molecule has 0 fully saturated rings. The highest BCUT2D eigenvalue weighted by atomic mass is 19.4. The van der Waals surface area contributed by atoms with Gasteiger partial charge in [0.1, 0.15) is 23.1 Å². The molecule has 40 heavy (non-hydrogen) atoms. The summed E-state index contributed by atoms with van der Waals surface area (Å²) in [5, 5.41) is 9.51. The zero-order valence-electron chi connectivity index (χ0n) is 23.4. The normalized spacial score (nSPS) is 11.8. The second-order valence-corrected chi connectivity index (χ2v) is 11.1. The van der Waals surface area contributed by atoms with Gasteiger partial charge in [-0.15, -0.1) is 0 Å². The number of nitriles is 1. The number of aryl methyl sites for hydroxylation is 3. The highest BCUT2D eigenvalue weighted by molar-refractivity contribution is 5.65. The summed E-state index contributed by atoms with van der Waals surface area (Å²) in [6.07, 6.45) is -4.87. The number of rotatable bonds is 5. The zero-order chi connectivity index (χ0) is 29.4. The predicted molar refractivity (Wildman–Crippen MR) is 151 cm³/mol. The van der Waals surface area contributed by atoms with Crippen LogP contribution < -0.4 is 10.3 Å². The maximum atomic E-state index is 13.9. The maximum Gasteiger partial charge on any atom is 0.417 e. The Labute approximate surface area is 232 Å². The highest BCUT2D eigenvalue weighted by Gasteiger charge is 2.36. The molecule has 0 aliphatic carbocycles. The number of alkyl halides is 3. The van der Waals surface area contributed by atoms with Crippen LogP contribution in [0.2, 0.25) is 0 Å². The first kappa shape index (κ1) is 28.7. The fourth-order valence-corrected chi connectivity index (χ4v) is 4.64. The molecule has 4 rings (SSSR count). The minimum atomic E-state index is -4.87. The van der Waals surface area contributed by atoms with Crippen LogP contribution in [0.4, 0.5) is 13.2 Å². The summed E-state index contributed by atoms with van der Waals surface area (Å²) in [7, 11) is 0. The lowest BCUT2D eigenvalue weighted by Crippen LogP contribution is -2.29. The quantitative estimate of drug-likeness (QED) is 0.253. The summed E-state index contributed by atoms with van der Waals surface area (Å²) in [5.41, 5.74) is 1.87. The molecule has 0 atom stereocenters. The van der Waals surface area contributed by atoms with Gasteiger partial charge in [-0.05, 0) is 90.4 Å². The van der Waals surface area contributed by atoms with Crippen molar-refractivity contribution in [2.24, 2.45) is 0 Å². The molecule has 0 N–H and O–H groups in total. The average molecular weight is 545 g/mol. The van der Waals surface area contributed by atoms with E-state index in [0.29, 0.717) is 22.6 Å². The van der Waals surface area contributed by atoms with Gasteiger partial charge >= 0.3 is 6.18 Å². The standard InChI is InChI=1S/C33H31F3N2O2/c1-20-7-8-24(21(2)15-20)19-38-29(17-28(33(34,35)36)27(18-37)31(38)39)23-9-14-30(22(3)16-23)40-26-12-10-25(11-13-26)32(4,5)6/h7-17H,19H2,1-6H3. The average Bonchev–Trinajstić information content (AvgIpc) is 2.86. The van der Waals surface area contributed by atoms with Gasteiger partial charge in [-0.3, -0.25) is 4.79 Å². The third-order valence-corrected chi connectivity index (χ3v) is 6.96. The molecule has 0 saturated heterocycles. The van der Waals surface area contributed by atoms with Gasteiger partial charge in [0.25, 0.3) is 5.56 Å². The SMILES string of the molecule is Cc1ccc(Cn2c(-c3ccc(Oc4ccc(C(C)(C)C)cc4)c(C)c3)cc(C(F)(F)F)c(C#N)c2=O)c(C)c1. The van der Waals surface area contributed by atoms with Crippen LogP contribution in [0.5, 0.6) is 11.5 Å². The molecule has 7 heteroatoms. The number of nitrogens with zero attached hydrogens (tertiary/aromatic N) is 2. The molecule has 1 aromatic heterocycles. The summed E-state index contributed by atoms with van der Waals surface area (Å²) in [6, 6.07) is 20.8. The number of benzene rings is 3. The van der Waals surface area contributed by atoms with Crippen LogP contribution in [0.3, 0.4) is 0 Å². The number of hydrogen-bond acceptors (Lipinski definition) is 3. The van der Waals surface area contributed by atoms with Gasteiger partial charge in [0.2, 0.25) is 0 Å². The lowest BCUT2D eigenvalue weighted by atomic mass is 9.87. The summed E-state index contributed by atoms with van der Waals surface area (Å²) >= 11 is 0. The van der Waals surface area contributed by atoms with E-state index in [4.69, 9.17) is 4.74 Å². The maximum absolute atomic E-state index is 13.9. The summed E-state index contributed by atoms with van der Waals surface area (Å²) in [5.74, 6) is 1.17. The molecule has 4 aromatic rings. The van der Waals surface area contributed by atoms with Crippen molar-refractivity contribution in [1.29, 1.82) is 5.26 Å². The molecular weight excluding hydrogens is 513 g/mol. The lowest BCUT2D eigenvalue weighted by Gasteiger charge is -2.20. The van der Waals surface area contributed by atoms with Gasteiger partial charge in [-0.1, -0.05) is 56.7 Å². The van der Waals surface area contributed by atoms with Crippen LogP contribution >= 0.6 is 0 Å². The summed E-state index contributed by atoms with van der Waals surface area (Å²) < 4.78 is 49.1. The van der Waals surface area contributed by atoms with Crippen LogP contribution in [-0.2, 0) is 18.1 Å². The van der Waals surface area contributed by atoms with Crippen molar-refractivity contribution < 1.29 is 17.9 Å². The topological polar surface area (TPSA) is 55.0 Å². The molecular formula is C33H31F3N2O2. The molecule has 4 nitrogen and oxygen atoms in total. The van der Waals surface area contributed by atoms with E-state index < -0.39 is 22.9 Å². The first-order chi connectivity index (χ1) is 18.7. The lowest BCUT2D eigenvalue weighted by molar-refractivity contribution is -0.137. The minimum Gasteiger partial charge on any atom is -0.457 e. The third-order valence-electron chi connectivity index (χ3n) is 6.96. The van der Waals surface area contributed by atoms with E-state index in [-0.39, 0.29) is 17.7 Å². The minimum absolute atomic E-state index is 0.000627. The summed E-state index contributed by atoms with van der Waals surface area (Å²) in [4.78, 5) is 13.4. The molecule has 0 amide bonds. The second-order valence-electron chi connectivity index (χ2n) is 11.1. The zero-order valence-corrected chi connectivity index (χ0v) is 23.4. The van der Waals surface area contributed by atoms with Crippen molar-refractivity contribution in [3.8, 4) is 28.8 Å². The molecule has 0 spiro atoms. The molecule has 1 heterocycles. The fraction of sp³-hybridized carbons (Fsp3) is 0.273. The van der Waals surface area contributed by atoms with Crippen LogP contribution in [0, 0.1) is 32.1 Å². The molecule has 0 unspecified atom stereocenters. The van der Waals surface area contributed by atoms with Gasteiger partial charge in [0.05, 0.1) is 17.8 Å². The van der Waals surface area contributed by atoms with E-state index in [1.165, 1.54) is 10.6 Å². The molecule has 0 saturated carbocycles. The smallest absolute Gasteiger partial charge is 0.417 e. The molecule has 206 valence electrons. The van der Waals surface area contributed by atoms with Crippen LogP contribution in [0.15, 0.2) is 71.5 Å². The molecule has 0 bridgehead atoms. The van der Waals surface area contributed by atoms with Gasteiger partial charge in [-0.2, -0.15) is 18.4 Å². The number of halogens is 3. The van der Waals surface area contributed by atoms with E-state index in [0.717, 1.165) is 28.3 Å². The Morgan fingerprint density at radius 3 is 2.10 bits per heavy atom. The number of hydrogen-bond donors (Lipinski definition) is 0. The van der Waals surface area contributed by atoms with Crippen LogP contribution in [0.1, 0.15) is 59.7 Å². The predicted octanol–water partition coefficient (Wildman–Crippen LogP) is 8.47. The van der Waals surface area contributed by atoms with E-state index >= 15 is 0 Å². The van der Waals surface area contributed by atoms with Crippen LogP contribution in [0.25, 0.3) is 11.3 Å². The molecule has 0 aliphatic rings. The van der Waals surface area contributed by atoms with E-state index in [2.05, 4.69) is 20.8 Å². The van der Waals surface area contributed by atoms with Crippen LogP contribution in [-0.4, -0.2) is 4.57 Å². The second kappa shape index (κ2) is 10.7. The van der Waals surface area contributed by atoms with E-state index in [1.54, 1.807) is 25.1 Å². The van der Waals surface area contributed by atoms with E-state index in [1.807, 2.05) is 56.3 Å². The highest BCUT2D eigenvalue weighted by Crippen LogP contribution is 2.36. The first-order valence-corrected chi connectivity index (χ1v) is 12.9.